The Morgan fingerprint density at radius 3 is 0.929 bits per heavy atom. The molecule has 0 aromatic carbocycles. The van der Waals surface area contributed by atoms with Gasteiger partial charge in [-0.2, -0.15) is 0 Å². The van der Waals surface area contributed by atoms with Gasteiger partial charge in [0.2, 0.25) is 0 Å². The first kappa shape index (κ1) is 32.0. The van der Waals surface area contributed by atoms with Crippen molar-refractivity contribution in [2.24, 2.45) is 0 Å². The summed E-state index contributed by atoms with van der Waals surface area (Å²) in [5, 5.41) is 0. The van der Waals surface area contributed by atoms with Crippen LogP contribution in [0.5, 0.6) is 0 Å². The Morgan fingerprint density at radius 1 is 0.536 bits per heavy atom. The fraction of sp³-hybridized carbons (Fsp3) is 1.00. The van der Waals surface area contributed by atoms with Crippen molar-refractivity contribution < 1.29 is 103 Å². The Labute approximate surface area is 193 Å². The average Bonchev–Trinajstić information content (AvgIpc) is 2.29. The van der Waals surface area contributed by atoms with Crippen LogP contribution in [-0.2, 0) is 23.0 Å². The van der Waals surface area contributed by atoms with Gasteiger partial charge >= 0.3 is 70.8 Å². The standard InChI is InChI=1S/C8H24N2O13P4.Sm/c11-24(12,13)5-9(6-25(14,15)16)1-3-23-4-2-10(7-26(17,18)19)8-27(20,21)22;/h1-8H2,(H2,11,12,13)(H2,14,15,16)(H2,17,18,19)(H2,20,21,22);/q;+3. The fourth-order valence-electron chi connectivity index (χ4n) is 1.90. The van der Waals surface area contributed by atoms with Crippen LogP contribution in [0.1, 0.15) is 0 Å². The molecule has 8 N–H and O–H groups in total. The van der Waals surface area contributed by atoms with Crippen LogP contribution in [0.4, 0.5) is 0 Å². The van der Waals surface area contributed by atoms with Crippen LogP contribution < -0.4 is 0 Å². The Bertz CT molecular complexity index is 538. The summed E-state index contributed by atoms with van der Waals surface area (Å²) in [4.78, 5) is 72.8. The Balaban J connectivity index is 0. The molecule has 20 heteroatoms. The van der Waals surface area contributed by atoms with Gasteiger partial charge in [0, 0.05) is 13.1 Å². The van der Waals surface area contributed by atoms with E-state index in [0.29, 0.717) is 0 Å². The van der Waals surface area contributed by atoms with Crippen LogP contribution in [0.25, 0.3) is 0 Å². The summed E-state index contributed by atoms with van der Waals surface area (Å²) >= 11 is 0. The van der Waals surface area contributed by atoms with E-state index in [1.54, 1.807) is 0 Å². The SMILES string of the molecule is O=P(O)(O)CN(CCOCCN(CP(=O)(O)O)CP(=O)(O)O)CP(=O)(O)O.[Sm+3]. The van der Waals surface area contributed by atoms with Crippen LogP contribution in [0.3, 0.4) is 0 Å². The summed E-state index contributed by atoms with van der Waals surface area (Å²) in [7, 11) is -18.3. The molecule has 0 spiro atoms. The van der Waals surface area contributed by atoms with Gasteiger partial charge in [0.25, 0.3) is 0 Å². The number of hydrogen-bond acceptors (Lipinski definition) is 7. The number of nitrogens with zero attached hydrogens (tertiary/aromatic N) is 2. The van der Waals surface area contributed by atoms with Crippen molar-refractivity contribution in [2.45, 2.75) is 0 Å². The van der Waals surface area contributed by atoms with Crippen molar-refractivity contribution in [3.05, 3.63) is 0 Å². The van der Waals surface area contributed by atoms with E-state index < -0.39 is 55.5 Å². The molecule has 0 unspecified atom stereocenters. The molecule has 0 aromatic heterocycles. The van der Waals surface area contributed by atoms with Crippen LogP contribution in [-0.4, -0.2) is 100 Å². The summed E-state index contributed by atoms with van der Waals surface area (Å²) in [6.45, 7) is -1.04. The van der Waals surface area contributed by atoms with E-state index in [0.717, 1.165) is 9.80 Å². The summed E-state index contributed by atoms with van der Waals surface area (Å²) in [5.41, 5.74) is 0. The summed E-state index contributed by atoms with van der Waals surface area (Å²) in [6.07, 6.45) is -3.65. The van der Waals surface area contributed by atoms with Gasteiger partial charge in [-0.1, -0.05) is 0 Å². The number of ether oxygens (including phenoxy) is 1. The molecular formula is C8H24N2O13P4Sm+3. The molecule has 0 aliphatic carbocycles. The average molecular weight is 631 g/mol. The molecule has 0 aromatic rings. The van der Waals surface area contributed by atoms with E-state index in [2.05, 4.69) is 0 Å². The zero-order valence-electron chi connectivity index (χ0n) is 14.4. The zero-order chi connectivity index (χ0) is 21.5. The molecule has 0 saturated carbocycles. The molecule has 15 nitrogen and oxygen atoms in total. The Morgan fingerprint density at radius 2 is 0.750 bits per heavy atom. The van der Waals surface area contributed by atoms with Crippen LogP contribution in [0.2, 0.25) is 0 Å². The predicted octanol–water partition coefficient (Wildman–Crippen LogP) is -1.85. The van der Waals surface area contributed by atoms with Crippen LogP contribution >= 0.6 is 30.4 Å². The van der Waals surface area contributed by atoms with Gasteiger partial charge in [-0.05, 0) is 0 Å². The van der Waals surface area contributed by atoms with Crippen molar-refractivity contribution >= 4 is 30.4 Å². The second-order valence-electron chi connectivity index (χ2n) is 5.63. The smallest absolute Gasteiger partial charge is 0.379 e. The number of rotatable bonds is 14. The molecule has 0 saturated heterocycles. The predicted molar refractivity (Wildman–Crippen MR) is 91.9 cm³/mol. The maximum absolute atomic E-state index is 11.0. The minimum Gasteiger partial charge on any atom is -0.379 e. The molecule has 0 fully saturated rings. The minimum atomic E-state index is -4.58. The zero-order valence-corrected chi connectivity index (χ0v) is 20.6. The van der Waals surface area contributed by atoms with Crippen molar-refractivity contribution in [1.82, 2.24) is 9.80 Å². The van der Waals surface area contributed by atoms with Crippen molar-refractivity contribution in [1.29, 1.82) is 0 Å². The molecule has 0 bridgehead atoms. The van der Waals surface area contributed by atoms with E-state index >= 15 is 0 Å². The monoisotopic (exact) mass is 632 g/mol. The first-order valence-corrected chi connectivity index (χ1v) is 14.3. The molecule has 0 amide bonds. The molecular weight excluding hydrogens is 606 g/mol. The summed E-state index contributed by atoms with van der Waals surface area (Å²) in [5.74, 6) is 0. The van der Waals surface area contributed by atoms with Gasteiger partial charge in [-0.25, -0.2) is 0 Å². The van der Waals surface area contributed by atoms with E-state index in [4.69, 9.17) is 43.9 Å². The molecule has 0 atom stereocenters. The topological polar surface area (TPSA) is 246 Å². The molecule has 0 heterocycles. The third-order valence-electron chi connectivity index (χ3n) is 2.64. The first-order chi connectivity index (χ1) is 11.9. The third-order valence-corrected chi connectivity index (χ3v) is 5.71. The molecule has 28 heavy (non-hydrogen) atoms. The second kappa shape index (κ2) is 13.4. The molecule has 0 rings (SSSR count). The van der Waals surface area contributed by atoms with Gasteiger partial charge < -0.3 is 43.9 Å². The fourth-order valence-corrected chi connectivity index (χ4v) is 5.27. The Kier molecular flexibility index (Phi) is 15.3. The van der Waals surface area contributed by atoms with Gasteiger partial charge in [-0.3, -0.25) is 28.1 Å². The molecule has 167 valence electrons. The first-order valence-electron chi connectivity index (χ1n) is 7.07. The quantitative estimate of drug-likeness (QED) is 0.0775. The van der Waals surface area contributed by atoms with Crippen molar-refractivity contribution in [2.75, 3.05) is 51.4 Å². The van der Waals surface area contributed by atoms with Gasteiger partial charge in [0.15, 0.2) is 0 Å². The van der Waals surface area contributed by atoms with E-state index in [-0.39, 0.29) is 66.7 Å². The van der Waals surface area contributed by atoms with E-state index in [9.17, 15) is 18.3 Å². The van der Waals surface area contributed by atoms with E-state index in [1.165, 1.54) is 0 Å². The molecule has 0 aliphatic rings. The largest absolute Gasteiger partial charge is 3.00 e. The van der Waals surface area contributed by atoms with Crippen LogP contribution in [0.15, 0.2) is 0 Å². The third kappa shape index (κ3) is 22.5. The summed E-state index contributed by atoms with van der Waals surface area (Å²) in [6, 6.07) is 0. The van der Waals surface area contributed by atoms with Gasteiger partial charge in [0.05, 0.1) is 13.2 Å². The normalized spacial score (nSPS) is 13.8. The Hall–Kier alpha value is 1.82. The second-order valence-corrected chi connectivity index (χ2v) is 12.1. The summed E-state index contributed by atoms with van der Waals surface area (Å²) < 4.78 is 49.0. The molecule has 1 radical (unpaired) electrons. The van der Waals surface area contributed by atoms with Crippen molar-refractivity contribution in [3.63, 3.8) is 0 Å². The van der Waals surface area contributed by atoms with Gasteiger partial charge in [0.1, 0.15) is 25.1 Å². The maximum Gasteiger partial charge on any atom is 3.00 e. The maximum atomic E-state index is 11.0. The van der Waals surface area contributed by atoms with Gasteiger partial charge in [-0.15, -0.1) is 0 Å². The van der Waals surface area contributed by atoms with Crippen LogP contribution in [0, 0.1) is 40.4 Å². The molecule has 0 aliphatic heterocycles. The number of hydrogen-bond donors (Lipinski definition) is 8. The van der Waals surface area contributed by atoms with Crippen molar-refractivity contribution in [3.8, 4) is 0 Å². The van der Waals surface area contributed by atoms with E-state index in [1.807, 2.05) is 0 Å². The minimum absolute atomic E-state index is 0.